The summed E-state index contributed by atoms with van der Waals surface area (Å²) in [4.78, 5) is 0. The molecule has 6 heteroatoms. The van der Waals surface area contributed by atoms with Crippen LogP contribution in [0.1, 0.15) is 24.2 Å². The number of ether oxygens (including phenoxy) is 1. The van der Waals surface area contributed by atoms with Gasteiger partial charge in [0.15, 0.2) is 0 Å². The molecule has 0 bridgehead atoms. The zero-order chi connectivity index (χ0) is 13.7. The van der Waals surface area contributed by atoms with Crippen LogP contribution in [0, 0.1) is 0 Å². The quantitative estimate of drug-likeness (QED) is 0.846. The van der Waals surface area contributed by atoms with Gasteiger partial charge in [0.2, 0.25) is 0 Å². The SMILES string of the molecule is CC(NCc1ccccc1OC(F)F)c1ccn[nH]1. The monoisotopic (exact) mass is 267 g/mol. The van der Waals surface area contributed by atoms with Gasteiger partial charge in [-0.1, -0.05) is 18.2 Å². The summed E-state index contributed by atoms with van der Waals surface area (Å²) in [5, 5.41) is 9.94. The summed E-state index contributed by atoms with van der Waals surface area (Å²) >= 11 is 0. The number of aromatic nitrogens is 2. The standard InChI is InChI=1S/C13H15F2N3O/c1-9(11-6-7-17-18-11)16-8-10-4-2-3-5-12(10)19-13(14)15/h2-7,9,13,16H,8H2,1H3,(H,17,18). The summed E-state index contributed by atoms with van der Waals surface area (Å²) in [6.45, 7) is -0.418. The molecule has 0 fully saturated rings. The fourth-order valence-corrected chi connectivity index (χ4v) is 1.74. The Morgan fingerprint density at radius 3 is 2.79 bits per heavy atom. The Morgan fingerprint density at radius 1 is 1.32 bits per heavy atom. The van der Waals surface area contributed by atoms with E-state index in [-0.39, 0.29) is 11.8 Å². The Balaban J connectivity index is 1.99. The Hall–Kier alpha value is -1.95. The first kappa shape index (κ1) is 13.5. The number of benzene rings is 1. The Morgan fingerprint density at radius 2 is 2.11 bits per heavy atom. The molecule has 1 atom stereocenters. The highest BCUT2D eigenvalue weighted by molar-refractivity contribution is 5.33. The third-order valence-electron chi connectivity index (χ3n) is 2.78. The number of aromatic amines is 1. The van der Waals surface area contributed by atoms with E-state index in [2.05, 4.69) is 20.3 Å². The molecule has 2 N–H and O–H groups in total. The maximum atomic E-state index is 12.3. The van der Waals surface area contributed by atoms with E-state index in [9.17, 15) is 8.78 Å². The van der Waals surface area contributed by atoms with Crippen LogP contribution in [0.25, 0.3) is 0 Å². The Kier molecular flexibility index (Phi) is 4.46. The van der Waals surface area contributed by atoms with Crippen LogP contribution in [0.3, 0.4) is 0 Å². The minimum atomic E-state index is -2.81. The number of nitrogens with one attached hydrogen (secondary N) is 2. The molecule has 0 spiro atoms. The maximum absolute atomic E-state index is 12.3. The van der Waals surface area contributed by atoms with Crippen molar-refractivity contribution in [1.82, 2.24) is 15.5 Å². The molecule has 0 aliphatic rings. The number of rotatable bonds is 6. The second-order valence-electron chi connectivity index (χ2n) is 4.10. The van der Waals surface area contributed by atoms with Gasteiger partial charge >= 0.3 is 6.61 Å². The van der Waals surface area contributed by atoms with Crippen molar-refractivity contribution in [2.24, 2.45) is 0 Å². The second-order valence-corrected chi connectivity index (χ2v) is 4.10. The van der Waals surface area contributed by atoms with Crippen molar-refractivity contribution in [3.63, 3.8) is 0 Å². The summed E-state index contributed by atoms with van der Waals surface area (Å²) in [6, 6.07) is 8.64. The van der Waals surface area contributed by atoms with Crippen LogP contribution < -0.4 is 10.1 Å². The Bertz CT molecular complexity index is 502. The van der Waals surface area contributed by atoms with Gasteiger partial charge in [-0.05, 0) is 19.1 Å². The summed E-state index contributed by atoms with van der Waals surface area (Å²) in [7, 11) is 0. The molecule has 1 heterocycles. The van der Waals surface area contributed by atoms with Crippen LogP contribution in [0.2, 0.25) is 0 Å². The van der Waals surface area contributed by atoms with Crippen molar-refractivity contribution >= 4 is 0 Å². The predicted octanol–water partition coefficient (Wildman–Crippen LogP) is 2.86. The van der Waals surface area contributed by atoms with Gasteiger partial charge in [-0.25, -0.2) is 0 Å². The molecule has 4 nitrogen and oxygen atoms in total. The van der Waals surface area contributed by atoms with Crippen molar-refractivity contribution in [3.05, 3.63) is 47.8 Å². The van der Waals surface area contributed by atoms with Gasteiger partial charge in [-0.15, -0.1) is 0 Å². The van der Waals surface area contributed by atoms with Crippen LogP contribution in [0.4, 0.5) is 8.78 Å². The van der Waals surface area contributed by atoms with Gasteiger partial charge in [-0.2, -0.15) is 13.9 Å². The lowest BCUT2D eigenvalue weighted by Gasteiger charge is -2.14. The largest absolute Gasteiger partial charge is 0.434 e. The molecule has 1 aromatic carbocycles. The lowest BCUT2D eigenvalue weighted by molar-refractivity contribution is -0.0505. The van der Waals surface area contributed by atoms with Crippen LogP contribution in [-0.4, -0.2) is 16.8 Å². The topological polar surface area (TPSA) is 49.9 Å². The number of H-pyrrole nitrogens is 1. The molecule has 102 valence electrons. The third kappa shape index (κ3) is 3.75. The average molecular weight is 267 g/mol. The number of nitrogens with zero attached hydrogens (tertiary/aromatic N) is 1. The van der Waals surface area contributed by atoms with Crippen molar-refractivity contribution in [2.45, 2.75) is 26.1 Å². The predicted molar refractivity (Wildman–Crippen MR) is 66.9 cm³/mol. The van der Waals surface area contributed by atoms with E-state index in [0.29, 0.717) is 12.1 Å². The number of para-hydroxylation sites is 1. The fraction of sp³-hybridized carbons (Fsp3) is 0.308. The summed E-state index contributed by atoms with van der Waals surface area (Å²) in [5.41, 5.74) is 1.63. The molecule has 19 heavy (non-hydrogen) atoms. The first-order valence-electron chi connectivity index (χ1n) is 5.92. The van der Waals surface area contributed by atoms with Crippen molar-refractivity contribution in [2.75, 3.05) is 0 Å². The number of halogens is 2. The van der Waals surface area contributed by atoms with Gasteiger partial charge in [0.05, 0.1) is 5.69 Å². The lowest BCUT2D eigenvalue weighted by Crippen LogP contribution is -2.19. The first-order valence-corrected chi connectivity index (χ1v) is 5.92. The maximum Gasteiger partial charge on any atom is 0.387 e. The molecule has 2 rings (SSSR count). The van der Waals surface area contributed by atoms with E-state index in [4.69, 9.17) is 0 Å². The first-order chi connectivity index (χ1) is 9.16. The molecule has 0 aliphatic heterocycles. The average Bonchev–Trinajstić information content (AvgIpc) is 2.90. The second kappa shape index (κ2) is 6.29. The van der Waals surface area contributed by atoms with E-state index < -0.39 is 6.61 Å². The highest BCUT2D eigenvalue weighted by atomic mass is 19.3. The number of alkyl halides is 2. The van der Waals surface area contributed by atoms with Gasteiger partial charge in [0.25, 0.3) is 0 Å². The number of hydrogen-bond donors (Lipinski definition) is 2. The summed E-state index contributed by atoms with van der Waals surface area (Å²) in [5.74, 6) is 0.196. The normalized spacial score (nSPS) is 12.6. The highest BCUT2D eigenvalue weighted by Gasteiger charge is 2.11. The molecular formula is C13H15F2N3O. The van der Waals surface area contributed by atoms with E-state index in [1.165, 1.54) is 6.07 Å². The summed E-state index contributed by atoms with van der Waals surface area (Å²) in [6.07, 6.45) is 1.67. The van der Waals surface area contributed by atoms with Crippen LogP contribution in [-0.2, 0) is 6.54 Å². The lowest BCUT2D eigenvalue weighted by atomic mass is 10.1. The van der Waals surface area contributed by atoms with E-state index in [0.717, 1.165) is 5.69 Å². The van der Waals surface area contributed by atoms with Gasteiger partial charge in [0, 0.05) is 24.3 Å². The van der Waals surface area contributed by atoms with Crippen molar-refractivity contribution in [3.8, 4) is 5.75 Å². The Labute approximate surface area is 109 Å². The van der Waals surface area contributed by atoms with Crippen LogP contribution in [0.5, 0.6) is 5.75 Å². The van der Waals surface area contributed by atoms with E-state index >= 15 is 0 Å². The van der Waals surface area contributed by atoms with Gasteiger partial charge in [-0.3, -0.25) is 5.10 Å². The molecule has 2 aromatic rings. The van der Waals surface area contributed by atoms with Crippen LogP contribution in [0.15, 0.2) is 36.5 Å². The molecular weight excluding hydrogens is 252 g/mol. The zero-order valence-corrected chi connectivity index (χ0v) is 10.4. The third-order valence-corrected chi connectivity index (χ3v) is 2.78. The zero-order valence-electron chi connectivity index (χ0n) is 10.4. The van der Waals surface area contributed by atoms with Crippen molar-refractivity contribution < 1.29 is 13.5 Å². The van der Waals surface area contributed by atoms with Gasteiger partial charge in [0.1, 0.15) is 5.75 Å². The van der Waals surface area contributed by atoms with Crippen LogP contribution >= 0.6 is 0 Å². The molecule has 0 saturated carbocycles. The summed E-state index contributed by atoms with van der Waals surface area (Å²) < 4.78 is 29.0. The fourth-order valence-electron chi connectivity index (χ4n) is 1.74. The molecule has 1 aromatic heterocycles. The van der Waals surface area contributed by atoms with Crippen molar-refractivity contribution in [1.29, 1.82) is 0 Å². The molecule has 0 radical (unpaired) electrons. The highest BCUT2D eigenvalue weighted by Crippen LogP contribution is 2.21. The van der Waals surface area contributed by atoms with E-state index in [1.54, 1.807) is 24.4 Å². The molecule has 0 amide bonds. The molecule has 1 unspecified atom stereocenters. The van der Waals surface area contributed by atoms with E-state index in [1.807, 2.05) is 13.0 Å². The molecule has 0 aliphatic carbocycles. The minimum Gasteiger partial charge on any atom is -0.434 e. The molecule has 0 saturated heterocycles. The smallest absolute Gasteiger partial charge is 0.387 e. The minimum absolute atomic E-state index is 0.0436. The van der Waals surface area contributed by atoms with Gasteiger partial charge < -0.3 is 10.1 Å². The number of hydrogen-bond acceptors (Lipinski definition) is 3.